The van der Waals surface area contributed by atoms with Crippen LogP contribution >= 0.6 is 0 Å². The first-order chi connectivity index (χ1) is 22.8. The van der Waals surface area contributed by atoms with Gasteiger partial charge in [-0.15, -0.1) is 0 Å². The van der Waals surface area contributed by atoms with E-state index in [0.29, 0.717) is 0 Å². The molecule has 1 heterocycles. The van der Waals surface area contributed by atoms with E-state index in [9.17, 15) is 0 Å². The molecule has 0 bridgehead atoms. The summed E-state index contributed by atoms with van der Waals surface area (Å²) in [7, 11) is 0. The molecule has 0 aliphatic heterocycles. The van der Waals surface area contributed by atoms with E-state index in [0.717, 1.165) is 39.0 Å². The van der Waals surface area contributed by atoms with E-state index in [4.69, 9.17) is 4.42 Å². The van der Waals surface area contributed by atoms with E-state index >= 15 is 0 Å². The summed E-state index contributed by atoms with van der Waals surface area (Å²) < 4.78 is 6.28. The zero-order chi connectivity index (χ0) is 30.5. The van der Waals surface area contributed by atoms with Crippen LogP contribution in [0, 0.1) is 0 Å². The number of furan rings is 1. The van der Waals surface area contributed by atoms with Gasteiger partial charge in [-0.2, -0.15) is 0 Å². The van der Waals surface area contributed by atoms with Gasteiger partial charge in [0.05, 0.1) is 11.1 Å². The molecular weight excluding hydrogens is 558 g/mol. The Hall–Kier alpha value is -6.12. The topological polar surface area (TPSA) is 16.4 Å². The number of benzene rings is 8. The molecule has 2 nitrogen and oxygen atoms in total. The van der Waals surface area contributed by atoms with Crippen molar-refractivity contribution in [2.45, 2.75) is 0 Å². The third-order valence-electron chi connectivity index (χ3n) is 9.00. The van der Waals surface area contributed by atoms with Crippen molar-refractivity contribution < 1.29 is 4.42 Å². The second-order valence-corrected chi connectivity index (χ2v) is 11.8. The summed E-state index contributed by atoms with van der Waals surface area (Å²) in [5.74, 6) is 0. The van der Waals surface area contributed by atoms with Crippen LogP contribution in [0.2, 0.25) is 0 Å². The molecule has 46 heavy (non-hydrogen) atoms. The summed E-state index contributed by atoms with van der Waals surface area (Å²) in [6, 6.07) is 62.8. The number of para-hydroxylation sites is 2. The van der Waals surface area contributed by atoms with Gasteiger partial charge in [0, 0.05) is 16.8 Å². The fourth-order valence-corrected chi connectivity index (χ4v) is 6.82. The quantitative estimate of drug-likeness (QED) is 0.199. The third kappa shape index (κ3) is 4.43. The Balaban J connectivity index is 1.21. The van der Waals surface area contributed by atoms with Gasteiger partial charge in [0.2, 0.25) is 0 Å². The number of fused-ring (bicyclic) bond motifs is 5. The van der Waals surface area contributed by atoms with Gasteiger partial charge in [-0.1, -0.05) is 115 Å². The SMILES string of the molecule is c1ccc(-c2cc3ccccc3cc2-c2ccc3cc(N(c4ccccc4)c4cccc5oc6ccccc6c45)ccc3c2)cc1. The van der Waals surface area contributed by atoms with Crippen LogP contribution < -0.4 is 4.90 Å². The van der Waals surface area contributed by atoms with Gasteiger partial charge in [0.1, 0.15) is 11.2 Å². The van der Waals surface area contributed by atoms with Gasteiger partial charge in [-0.25, -0.2) is 0 Å². The van der Waals surface area contributed by atoms with E-state index in [1.807, 2.05) is 12.1 Å². The van der Waals surface area contributed by atoms with Gasteiger partial charge in [0.25, 0.3) is 0 Å². The molecule has 9 rings (SSSR count). The Kier molecular flexibility index (Phi) is 6.17. The number of nitrogens with zero attached hydrogens (tertiary/aromatic N) is 1. The average molecular weight is 588 g/mol. The molecule has 0 fully saturated rings. The van der Waals surface area contributed by atoms with Crippen LogP contribution in [0.1, 0.15) is 0 Å². The van der Waals surface area contributed by atoms with Crippen LogP contribution in [0.25, 0.3) is 65.7 Å². The molecule has 8 aromatic carbocycles. The molecule has 0 amide bonds. The maximum Gasteiger partial charge on any atom is 0.137 e. The van der Waals surface area contributed by atoms with Crippen LogP contribution in [0.4, 0.5) is 17.1 Å². The van der Waals surface area contributed by atoms with E-state index in [1.54, 1.807) is 0 Å². The van der Waals surface area contributed by atoms with Crippen LogP contribution in [-0.4, -0.2) is 0 Å². The van der Waals surface area contributed by atoms with Crippen molar-refractivity contribution in [3.63, 3.8) is 0 Å². The van der Waals surface area contributed by atoms with Crippen LogP contribution in [0.3, 0.4) is 0 Å². The number of anilines is 3. The molecule has 1 aromatic heterocycles. The van der Waals surface area contributed by atoms with Gasteiger partial charge >= 0.3 is 0 Å². The highest BCUT2D eigenvalue weighted by Gasteiger charge is 2.19. The van der Waals surface area contributed by atoms with Gasteiger partial charge in [-0.3, -0.25) is 0 Å². The lowest BCUT2D eigenvalue weighted by molar-refractivity contribution is 0.669. The molecule has 0 atom stereocenters. The zero-order valence-corrected chi connectivity index (χ0v) is 25.1. The Bertz CT molecular complexity index is 2530. The molecule has 0 radical (unpaired) electrons. The van der Waals surface area contributed by atoms with Crippen molar-refractivity contribution in [2.24, 2.45) is 0 Å². The lowest BCUT2D eigenvalue weighted by atomic mass is 9.90. The first kappa shape index (κ1) is 26.3. The molecule has 9 aromatic rings. The molecule has 0 aliphatic carbocycles. The minimum absolute atomic E-state index is 0.884. The van der Waals surface area contributed by atoms with Gasteiger partial charge in [0.15, 0.2) is 0 Å². The van der Waals surface area contributed by atoms with Crippen molar-refractivity contribution in [2.75, 3.05) is 4.90 Å². The van der Waals surface area contributed by atoms with E-state index in [-0.39, 0.29) is 0 Å². The van der Waals surface area contributed by atoms with Crippen molar-refractivity contribution in [1.29, 1.82) is 0 Å². The highest BCUT2D eigenvalue weighted by Crippen LogP contribution is 2.44. The smallest absolute Gasteiger partial charge is 0.137 e. The molecule has 0 saturated carbocycles. The fourth-order valence-electron chi connectivity index (χ4n) is 6.82. The maximum atomic E-state index is 6.28. The average Bonchev–Trinajstić information content (AvgIpc) is 3.51. The number of hydrogen-bond acceptors (Lipinski definition) is 2. The van der Waals surface area contributed by atoms with E-state index in [2.05, 4.69) is 169 Å². The lowest BCUT2D eigenvalue weighted by Gasteiger charge is -2.26. The van der Waals surface area contributed by atoms with Crippen molar-refractivity contribution in [3.05, 3.63) is 176 Å². The Morgan fingerprint density at radius 3 is 1.78 bits per heavy atom. The highest BCUT2D eigenvalue weighted by atomic mass is 16.3. The first-order valence-electron chi connectivity index (χ1n) is 15.7. The molecule has 0 aliphatic rings. The normalized spacial score (nSPS) is 11.5. The monoisotopic (exact) mass is 587 g/mol. The van der Waals surface area contributed by atoms with Crippen molar-refractivity contribution in [3.8, 4) is 22.3 Å². The predicted molar refractivity (Wildman–Crippen MR) is 194 cm³/mol. The fraction of sp³-hybridized carbons (Fsp3) is 0. The van der Waals surface area contributed by atoms with Crippen LogP contribution in [-0.2, 0) is 0 Å². The summed E-state index contributed by atoms with van der Waals surface area (Å²) in [4.78, 5) is 2.34. The highest BCUT2D eigenvalue weighted by molar-refractivity contribution is 6.13. The Labute approximate surface area is 267 Å². The Morgan fingerprint density at radius 1 is 0.370 bits per heavy atom. The van der Waals surface area contributed by atoms with Crippen molar-refractivity contribution in [1.82, 2.24) is 0 Å². The molecule has 2 heteroatoms. The predicted octanol–water partition coefficient (Wildman–Crippen LogP) is 12.7. The minimum Gasteiger partial charge on any atom is -0.456 e. The third-order valence-corrected chi connectivity index (χ3v) is 9.00. The Morgan fingerprint density at radius 2 is 0.978 bits per heavy atom. The maximum absolute atomic E-state index is 6.28. The first-order valence-corrected chi connectivity index (χ1v) is 15.7. The number of rotatable bonds is 5. The summed E-state index contributed by atoms with van der Waals surface area (Å²) >= 11 is 0. The second-order valence-electron chi connectivity index (χ2n) is 11.8. The summed E-state index contributed by atoms with van der Waals surface area (Å²) in [5, 5.41) is 7.11. The van der Waals surface area contributed by atoms with Crippen LogP contribution in [0.15, 0.2) is 180 Å². The molecule has 0 N–H and O–H groups in total. The van der Waals surface area contributed by atoms with E-state index in [1.165, 1.54) is 43.8 Å². The lowest BCUT2D eigenvalue weighted by Crippen LogP contribution is -2.10. The molecule has 216 valence electrons. The summed E-state index contributed by atoms with van der Waals surface area (Å²) in [6.45, 7) is 0. The standard InChI is InChI=1S/C44H29NO/c1-3-12-30(13-4-1)39-28-31-14-7-8-15-32(31)29-40(39)35-23-22-34-27-37(25-24-33(34)26-35)45(36-16-5-2-6-17-36)41-19-11-21-43-44(41)38-18-9-10-20-42(38)46-43/h1-29H. The van der Waals surface area contributed by atoms with E-state index < -0.39 is 0 Å². The minimum atomic E-state index is 0.884. The second kappa shape index (κ2) is 10.8. The largest absolute Gasteiger partial charge is 0.456 e. The van der Waals surface area contributed by atoms with Crippen LogP contribution in [0.5, 0.6) is 0 Å². The van der Waals surface area contributed by atoms with Gasteiger partial charge in [-0.05, 0) is 104 Å². The summed E-state index contributed by atoms with van der Waals surface area (Å²) in [5.41, 5.74) is 9.97. The molecule has 0 saturated heterocycles. The van der Waals surface area contributed by atoms with Gasteiger partial charge < -0.3 is 9.32 Å². The molecule has 0 spiro atoms. The molecule has 0 unspecified atom stereocenters. The molecular formula is C44H29NO. The summed E-state index contributed by atoms with van der Waals surface area (Å²) in [6.07, 6.45) is 0. The van der Waals surface area contributed by atoms with Crippen molar-refractivity contribution >= 4 is 60.5 Å². The zero-order valence-electron chi connectivity index (χ0n) is 25.1. The number of hydrogen-bond donors (Lipinski definition) is 0.